The van der Waals surface area contributed by atoms with Crippen molar-refractivity contribution >= 4 is 11.9 Å². The van der Waals surface area contributed by atoms with Gasteiger partial charge in [-0.2, -0.15) is 0 Å². The minimum atomic E-state index is -1.09. The standard InChI is InChI=1S/C12H17N3O3/c1-12(9-5-4-8-18-9)10(16)15(11(17)14-12)7-3-2-6-13/h4-5,8H,2-3,6-7,13H2,1H3,(H,14,17). The van der Waals surface area contributed by atoms with Crippen molar-refractivity contribution in [2.75, 3.05) is 13.1 Å². The number of nitrogens with two attached hydrogens (primary N) is 1. The lowest BCUT2D eigenvalue weighted by Crippen LogP contribution is -2.40. The highest BCUT2D eigenvalue weighted by Crippen LogP contribution is 2.29. The highest BCUT2D eigenvalue weighted by molar-refractivity contribution is 6.06. The van der Waals surface area contributed by atoms with Crippen LogP contribution in [-0.4, -0.2) is 29.9 Å². The average molecular weight is 251 g/mol. The fourth-order valence-electron chi connectivity index (χ4n) is 2.04. The molecule has 3 amide bonds. The summed E-state index contributed by atoms with van der Waals surface area (Å²) in [5.74, 6) is 0.168. The average Bonchev–Trinajstić information content (AvgIpc) is 2.93. The molecule has 1 aromatic heterocycles. The number of urea groups is 1. The summed E-state index contributed by atoms with van der Waals surface area (Å²) in [4.78, 5) is 25.3. The number of unbranched alkanes of at least 4 members (excludes halogenated alkanes) is 1. The summed E-state index contributed by atoms with van der Waals surface area (Å²) < 4.78 is 5.23. The van der Waals surface area contributed by atoms with Crippen LogP contribution in [0.5, 0.6) is 0 Å². The first-order chi connectivity index (χ1) is 8.59. The van der Waals surface area contributed by atoms with Crippen LogP contribution >= 0.6 is 0 Å². The van der Waals surface area contributed by atoms with Gasteiger partial charge in [0.25, 0.3) is 5.91 Å². The first kappa shape index (κ1) is 12.6. The molecule has 0 radical (unpaired) electrons. The smallest absolute Gasteiger partial charge is 0.325 e. The van der Waals surface area contributed by atoms with Crippen LogP contribution < -0.4 is 11.1 Å². The van der Waals surface area contributed by atoms with E-state index in [0.717, 1.165) is 6.42 Å². The number of nitrogens with one attached hydrogen (secondary N) is 1. The van der Waals surface area contributed by atoms with Gasteiger partial charge in [-0.1, -0.05) is 0 Å². The monoisotopic (exact) mass is 251 g/mol. The second-order valence-electron chi connectivity index (χ2n) is 4.49. The number of hydrogen-bond donors (Lipinski definition) is 2. The topological polar surface area (TPSA) is 88.6 Å². The lowest BCUT2D eigenvalue weighted by Gasteiger charge is -2.18. The molecule has 6 nitrogen and oxygen atoms in total. The molecular formula is C12H17N3O3. The highest BCUT2D eigenvalue weighted by atomic mass is 16.3. The molecule has 1 atom stereocenters. The molecule has 1 aromatic rings. The Morgan fingerprint density at radius 1 is 1.44 bits per heavy atom. The van der Waals surface area contributed by atoms with Gasteiger partial charge in [0.05, 0.1) is 6.26 Å². The maximum Gasteiger partial charge on any atom is 0.325 e. The van der Waals surface area contributed by atoms with Crippen LogP contribution in [0.2, 0.25) is 0 Å². The molecule has 1 aliphatic heterocycles. The Morgan fingerprint density at radius 3 is 2.83 bits per heavy atom. The Hall–Kier alpha value is -1.82. The van der Waals surface area contributed by atoms with E-state index in [9.17, 15) is 9.59 Å². The summed E-state index contributed by atoms with van der Waals surface area (Å²) in [5, 5.41) is 2.67. The molecule has 18 heavy (non-hydrogen) atoms. The number of furan rings is 1. The third-order valence-electron chi connectivity index (χ3n) is 3.12. The molecule has 1 fully saturated rings. The molecule has 0 aromatic carbocycles. The molecule has 1 unspecified atom stereocenters. The zero-order valence-electron chi connectivity index (χ0n) is 10.3. The molecule has 2 rings (SSSR count). The number of carbonyl (C=O) groups is 2. The van der Waals surface area contributed by atoms with Crippen molar-refractivity contribution in [1.29, 1.82) is 0 Å². The minimum Gasteiger partial charge on any atom is -0.466 e. The molecule has 1 saturated heterocycles. The van der Waals surface area contributed by atoms with Crippen LogP contribution in [-0.2, 0) is 10.3 Å². The van der Waals surface area contributed by atoms with Gasteiger partial charge in [0.15, 0.2) is 5.54 Å². The van der Waals surface area contributed by atoms with E-state index in [2.05, 4.69) is 5.32 Å². The Kier molecular flexibility index (Phi) is 3.38. The van der Waals surface area contributed by atoms with E-state index in [0.29, 0.717) is 25.3 Å². The van der Waals surface area contributed by atoms with Crippen LogP contribution in [0.1, 0.15) is 25.5 Å². The van der Waals surface area contributed by atoms with Crippen LogP contribution in [0.15, 0.2) is 22.8 Å². The predicted molar refractivity (Wildman–Crippen MR) is 64.6 cm³/mol. The van der Waals surface area contributed by atoms with Crippen molar-refractivity contribution in [2.45, 2.75) is 25.3 Å². The van der Waals surface area contributed by atoms with Crippen molar-refractivity contribution < 1.29 is 14.0 Å². The maximum absolute atomic E-state index is 12.3. The first-order valence-corrected chi connectivity index (χ1v) is 5.98. The van der Waals surface area contributed by atoms with Crippen LogP contribution in [0.4, 0.5) is 4.79 Å². The van der Waals surface area contributed by atoms with Crippen molar-refractivity contribution in [1.82, 2.24) is 10.2 Å². The molecule has 6 heteroatoms. The zero-order chi connectivity index (χ0) is 13.2. The molecular weight excluding hydrogens is 234 g/mol. The number of carbonyl (C=O) groups excluding carboxylic acids is 2. The predicted octanol–water partition coefficient (Wildman–Crippen LogP) is 0.786. The van der Waals surface area contributed by atoms with E-state index in [-0.39, 0.29) is 11.9 Å². The van der Waals surface area contributed by atoms with E-state index in [1.807, 2.05) is 0 Å². The van der Waals surface area contributed by atoms with E-state index in [1.165, 1.54) is 11.2 Å². The summed E-state index contributed by atoms with van der Waals surface area (Å²) in [6, 6.07) is 2.99. The molecule has 98 valence electrons. The quantitative estimate of drug-likeness (QED) is 0.598. The summed E-state index contributed by atoms with van der Waals surface area (Å²) in [7, 11) is 0. The fourth-order valence-corrected chi connectivity index (χ4v) is 2.04. The first-order valence-electron chi connectivity index (χ1n) is 5.98. The van der Waals surface area contributed by atoms with Crippen molar-refractivity contribution in [3.63, 3.8) is 0 Å². The highest BCUT2D eigenvalue weighted by Gasteiger charge is 2.50. The third kappa shape index (κ3) is 1.99. The fraction of sp³-hybridized carbons (Fsp3) is 0.500. The van der Waals surface area contributed by atoms with Gasteiger partial charge in [-0.15, -0.1) is 0 Å². The summed E-state index contributed by atoms with van der Waals surface area (Å²) in [5.41, 5.74) is 4.30. The lowest BCUT2D eigenvalue weighted by atomic mass is 9.99. The van der Waals surface area contributed by atoms with Gasteiger partial charge < -0.3 is 15.5 Å². The lowest BCUT2D eigenvalue weighted by molar-refractivity contribution is -0.131. The van der Waals surface area contributed by atoms with E-state index in [1.54, 1.807) is 19.1 Å². The molecule has 0 spiro atoms. The molecule has 2 heterocycles. The van der Waals surface area contributed by atoms with Gasteiger partial charge in [-0.3, -0.25) is 9.69 Å². The molecule has 0 bridgehead atoms. The van der Waals surface area contributed by atoms with Crippen molar-refractivity contribution in [3.8, 4) is 0 Å². The van der Waals surface area contributed by atoms with E-state index < -0.39 is 5.54 Å². The van der Waals surface area contributed by atoms with Gasteiger partial charge in [0.2, 0.25) is 0 Å². The van der Waals surface area contributed by atoms with Gasteiger partial charge in [-0.05, 0) is 38.4 Å². The molecule has 0 saturated carbocycles. The maximum atomic E-state index is 12.3. The second kappa shape index (κ2) is 4.81. The Bertz CT molecular complexity index is 443. The molecule has 0 aliphatic carbocycles. The normalized spacial score (nSPS) is 23.6. The number of imide groups is 1. The zero-order valence-corrected chi connectivity index (χ0v) is 10.3. The van der Waals surface area contributed by atoms with Gasteiger partial charge in [0, 0.05) is 6.54 Å². The van der Waals surface area contributed by atoms with Crippen LogP contribution in [0.25, 0.3) is 0 Å². The Balaban J connectivity index is 2.13. The number of hydrogen-bond acceptors (Lipinski definition) is 4. The minimum absolute atomic E-state index is 0.278. The van der Waals surface area contributed by atoms with Crippen LogP contribution in [0, 0.1) is 0 Å². The molecule has 1 aliphatic rings. The Morgan fingerprint density at radius 2 is 2.22 bits per heavy atom. The number of amides is 3. The summed E-state index contributed by atoms with van der Waals surface area (Å²) in [6.45, 7) is 2.59. The molecule has 3 N–H and O–H groups in total. The SMILES string of the molecule is CC1(c2ccco2)NC(=O)N(CCCCN)C1=O. The van der Waals surface area contributed by atoms with Gasteiger partial charge >= 0.3 is 6.03 Å². The van der Waals surface area contributed by atoms with Gasteiger partial charge in [0.1, 0.15) is 5.76 Å². The third-order valence-corrected chi connectivity index (χ3v) is 3.12. The van der Waals surface area contributed by atoms with Crippen molar-refractivity contribution in [3.05, 3.63) is 24.2 Å². The largest absolute Gasteiger partial charge is 0.466 e. The van der Waals surface area contributed by atoms with Gasteiger partial charge in [-0.25, -0.2) is 4.79 Å². The number of rotatable bonds is 5. The van der Waals surface area contributed by atoms with Crippen LogP contribution in [0.3, 0.4) is 0 Å². The number of nitrogens with zero attached hydrogens (tertiary/aromatic N) is 1. The summed E-state index contributed by atoms with van der Waals surface area (Å²) >= 11 is 0. The van der Waals surface area contributed by atoms with Crippen molar-refractivity contribution in [2.24, 2.45) is 5.73 Å². The summed E-state index contributed by atoms with van der Waals surface area (Å²) in [6.07, 6.45) is 2.98. The Labute approximate surface area is 105 Å². The second-order valence-corrected chi connectivity index (χ2v) is 4.49. The van der Waals surface area contributed by atoms with E-state index in [4.69, 9.17) is 10.2 Å². The van der Waals surface area contributed by atoms with E-state index >= 15 is 0 Å².